The van der Waals surface area contributed by atoms with Gasteiger partial charge < -0.3 is 4.74 Å². The van der Waals surface area contributed by atoms with E-state index in [4.69, 9.17) is 0 Å². The molecule has 0 saturated heterocycles. The Morgan fingerprint density at radius 3 is 2.57 bits per heavy atom. The van der Waals surface area contributed by atoms with Gasteiger partial charge in [0.15, 0.2) is 0 Å². The van der Waals surface area contributed by atoms with Crippen LogP contribution in [0.1, 0.15) is 0 Å². The molecule has 0 bridgehead atoms. The molecule has 0 aliphatic carbocycles. The first-order chi connectivity index (χ1) is 3.27. The molecule has 0 heterocycles. The Hall–Kier alpha value is -0.640. The van der Waals surface area contributed by atoms with Gasteiger partial charge in [0.25, 0.3) is 0 Å². The van der Waals surface area contributed by atoms with Crippen LogP contribution in [0.15, 0.2) is 0 Å². The first-order valence-electron chi connectivity index (χ1n) is 1.88. The van der Waals surface area contributed by atoms with E-state index < -0.39 is 4.92 Å². The molecule has 0 amide bonds. The molecule has 0 aliphatic heterocycles. The Morgan fingerprint density at radius 1 is 1.86 bits per heavy atom. The van der Waals surface area contributed by atoms with Gasteiger partial charge in [0.05, 0.1) is 0 Å². The topological polar surface area (TPSA) is 52.4 Å². The van der Waals surface area contributed by atoms with Crippen molar-refractivity contribution in [2.45, 2.75) is 0 Å². The van der Waals surface area contributed by atoms with Gasteiger partial charge in [-0.1, -0.05) is 0 Å². The van der Waals surface area contributed by atoms with Crippen LogP contribution in [0.4, 0.5) is 0 Å². The fourth-order valence-corrected chi connectivity index (χ4v) is 0.166. The third kappa shape index (κ3) is 5.36. The predicted molar refractivity (Wildman–Crippen MR) is 23.7 cm³/mol. The van der Waals surface area contributed by atoms with Gasteiger partial charge >= 0.3 is 0 Å². The maximum atomic E-state index is 9.48. The number of methoxy groups -OCH3 is 1. The van der Waals surface area contributed by atoms with E-state index in [2.05, 4.69) is 4.74 Å². The van der Waals surface area contributed by atoms with Crippen molar-refractivity contribution in [3.63, 3.8) is 0 Å². The minimum atomic E-state index is -0.413. The molecule has 42 valence electrons. The van der Waals surface area contributed by atoms with E-state index >= 15 is 0 Å². The maximum Gasteiger partial charge on any atom is 0.226 e. The van der Waals surface area contributed by atoms with E-state index in [-0.39, 0.29) is 13.2 Å². The maximum absolute atomic E-state index is 9.48. The predicted octanol–water partition coefficient (Wildman–Crippen LogP) is -0.0905. The summed E-state index contributed by atoms with van der Waals surface area (Å²) < 4.78 is 4.41. The second-order valence-electron chi connectivity index (χ2n) is 1.05. The number of hydrogen-bond acceptors (Lipinski definition) is 3. The molecule has 0 atom stereocenters. The number of nitrogens with zero attached hydrogens (tertiary/aromatic N) is 1. The van der Waals surface area contributed by atoms with Gasteiger partial charge in [-0.05, 0) is 0 Å². The molecule has 0 aromatic carbocycles. The zero-order valence-corrected chi connectivity index (χ0v) is 4.09. The second kappa shape index (κ2) is 3.55. The van der Waals surface area contributed by atoms with Gasteiger partial charge in [-0.2, -0.15) is 0 Å². The van der Waals surface area contributed by atoms with Crippen LogP contribution in [0, 0.1) is 10.1 Å². The first kappa shape index (κ1) is 6.36. The van der Waals surface area contributed by atoms with E-state index in [9.17, 15) is 10.1 Å². The van der Waals surface area contributed by atoms with Crippen molar-refractivity contribution in [2.24, 2.45) is 0 Å². The molecule has 0 unspecified atom stereocenters. The van der Waals surface area contributed by atoms with Gasteiger partial charge in [-0.15, -0.1) is 0 Å². The molecule has 0 rings (SSSR count). The van der Waals surface area contributed by atoms with Crippen molar-refractivity contribution in [3.8, 4) is 0 Å². The zero-order valence-electron chi connectivity index (χ0n) is 4.09. The highest BCUT2D eigenvalue weighted by molar-refractivity contribution is 4.20. The molecule has 4 nitrogen and oxygen atoms in total. The van der Waals surface area contributed by atoms with Crippen LogP contribution in [0.2, 0.25) is 0 Å². The molecule has 0 fully saturated rings. The summed E-state index contributed by atoms with van der Waals surface area (Å²) in [6.07, 6.45) is 0. The van der Waals surface area contributed by atoms with E-state index in [1.54, 1.807) is 0 Å². The van der Waals surface area contributed by atoms with Crippen LogP contribution in [-0.2, 0) is 4.74 Å². The van der Waals surface area contributed by atoms with Gasteiger partial charge in [0, 0.05) is 12.0 Å². The number of hydrogen-bond donors (Lipinski definition) is 0. The molecule has 0 N–H and O–H groups in total. The Kier molecular flexibility index (Phi) is 3.22. The average molecular weight is 105 g/mol. The lowest BCUT2D eigenvalue weighted by Crippen LogP contribution is -2.06. The normalized spacial score (nSPS) is 8.71. The summed E-state index contributed by atoms with van der Waals surface area (Å²) in [5.41, 5.74) is 0. The largest absolute Gasteiger partial charge is 0.378 e. The number of nitro groups is 1. The summed E-state index contributed by atoms with van der Waals surface area (Å²) in [5.74, 6) is 0. The van der Waals surface area contributed by atoms with E-state index in [1.807, 2.05) is 0 Å². The minimum absolute atomic E-state index is 0.101. The summed E-state index contributed by atoms with van der Waals surface area (Å²) in [7, 11) is 1.43. The van der Waals surface area contributed by atoms with Crippen LogP contribution in [0.3, 0.4) is 0 Å². The molecule has 0 aromatic heterocycles. The molecule has 0 saturated carbocycles. The molecule has 0 radical (unpaired) electrons. The summed E-state index contributed by atoms with van der Waals surface area (Å²) in [5, 5.41) is 9.48. The number of ether oxygens (including phenoxy) is 1. The quantitative estimate of drug-likeness (QED) is 0.372. The smallest absolute Gasteiger partial charge is 0.226 e. The summed E-state index contributed by atoms with van der Waals surface area (Å²) in [6.45, 7) is 0.101. The van der Waals surface area contributed by atoms with Crippen LogP contribution in [0.25, 0.3) is 0 Å². The monoisotopic (exact) mass is 105 g/mol. The Bertz CT molecular complexity index is 63.2. The van der Waals surface area contributed by atoms with Crippen LogP contribution < -0.4 is 0 Å². The number of rotatable bonds is 3. The van der Waals surface area contributed by atoms with Gasteiger partial charge in [0.2, 0.25) is 6.54 Å². The standard InChI is InChI=1S/C3H7NO3/c1-7-3-2-4(5)6/h2-3H2,1H3. The van der Waals surface area contributed by atoms with Crippen LogP contribution in [0.5, 0.6) is 0 Å². The molecule has 4 heteroatoms. The minimum Gasteiger partial charge on any atom is -0.378 e. The van der Waals surface area contributed by atoms with Crippen LogP contribution in [-0.4, -0.2) is 25.2 Å². The zero-order chi connectivity index (χ0) is 5.70. The SMILES string of the molecule is COCC[N+](=O)[O-]. The fourth-order valence-electron chi connectivity index (χ4n) is 0.166. The molecule has 0 aliphatic rings. The molecular weight excluding hydrogens is 98.0 g/mol. The first-order valence-corrected chi connectivity index (χ1v) is 1.88. The Balaban J connectivity index is 2.82. The highest BCUT2D eigenvalue weighted by Gasteiger charge is 1.90. The molecule has 0 spiro atoms. The van der Waals surface area contributed by atoms with E-state index in [1.165, 1.54) is 7.11 Å². The van der Waals surface area contributed by atoms with Gasteiger partial charge in [-0.3, -0.25) is 10.1 Å². The van der Waals surface area contributed by atoms with Crippen LogP contribution >= 0.6 is 0 Å². The van der Waals surface area contributed by atoms with Crippen molar-refractivity contribution in [2.75, 3.05) is 20.3 Å². The fraction of sp³-hybridized carbons (Fsp3) is 1.00. The van der Waals surface area contributed by atoms with Gasteiger partial charge in [-0.25, -0.2) is 0 Å². The van der Waals surface area contributed by atoms with Crippen molar-refractivity contribution >= 4 is 0 Å². The van der Waals surface area contributed by atoms with Crippen molar-refractivity contribution in [1.29, 1.82) is 0 Å². The Morgan fingerprint density at radius 2 is 2.43 bits per heavy atom. The van der Waals surface area contributed by atoms with E-state index in [0.29, 0.717) is 0 Å². The summed E-state index contributed by atoms with van der Waals surface area (Å²) in [6, 6.07) is 0. The van der Waals surface area contributed by atoms with Gasteiger partial charge in [0.1, 0.15) is 6.61 Å². The molecule has 0 aromatic rings. The lowest BCUT2D eigenvalue weighted by Gasteiger charge is -1.87. The Labute approximate surface area is 41.2 Å². The second-order valence-corrected chi connectivity index (χ2v) is 1.05. The highest BCUT2D eigenvalue weighted by Crippen LogP contribution is 1.67. The lowest BCUT2D eigenvalue weighted by molar-refractivity contribution is -0.483. The third-order valence-corrected chi connectivity index (χ3v) is 0.478. The summed E-state index contributed by atoms with van der Waals surface area (Å²) in [4.78, 5) is 9.07. The average Bonchev–Trinajstić information content (AvgIpc) is 1.61. The van der Waals surface area contributed by atoms with E-state index in [0.717, 1.165) is 0 Å². The van der Waals surface area contributed by atoms with Crippen molar-refractivity contribution in [3.05, 3.63) is 10.1 Å². The van der Waals surface area contributed by atoms with Crippen molar-refractivity contribution in [1.82, 2.24) is 0 Å². The molecule has 7 heavy (non-hydrogen) atoms. The highest BCUT2D eigenvalue weighted by atomic mass is 16.6. The molecular formula is C3H7NO3. The third-order valence-electron chi connectivity index (χ3n) is 0.478. The summed E-state index contributed by atoms with van der Waals surface area (Å²) >= 11 is 0. The van der Waals surface area contributed by atoms with Crippen molar-refractivity contribution < 1.29 is 9.66 Å². The lowest BCUT2D eigenvalue weighted by atomic mass is 10.7.